The monoisotopic (exact) mass is 372 g/mol. The summed E-state index contributed by atoms with van der Waals surface area (Å²) in [6, 6.07) is 8.46. The van der Waals surface area contributed by atoms with Crippen molar-refractivity contribution in [1.82, 2.24) is 4.98 Å². The zero-order chi connectivity index (χ0) is 19.0. The van der Waals surface area contributed by atoms with Crippen LogP contribution in [0, 0.1) is 5.41 Å². The van der Waals surface area contributed by atoms with Gasteiger partial charge >= 0.3 is 0 Å². The molecule has 1 aromatic carbocycles. The van der Waals surface area contributed by atoms with E-state index in [0.29, 0.717) is 5.41 Å². The number of methoxy groups -OCH3 is 1. The molecule has 1 aromatic heterocycles. The highest BCUT2D eigenvalue weighted by Gasteiger charge is 2.34. The summed E-state index contributed by atoms with van der Waals surface area (Å²) in [6.45, 7) is 0. The molecule has 1 heterocycles. The topological polar surface area (TPSA) is 34.5 Å². The van der Waals surface area contributed by atoms with Crippen LogP contribution in [-0.4, -0.2) is 23.9 Å². The summed E-state index contributed by atoms with van der Waals surface area (Å²) in [5.41, 5.74) is 6.11. The number of pyridine rings is 1. The lowest BCUT2D eigenvalue weighted by Gasteiger charge is -2.37. The molecule has 5 rings (SSSR count). The molecule has 0 amide bonds. The van der Waals surface area contributed by atoms with E-state index in [0.717, 1.165) is 41.9 Å². The smallest absolute Gasteiger partial charge is 0.0780 e. The molecule has 28 heavy (non-hydrogen) atoms. The van der Waals surface area contributed by atoms with Crippen molar-refractivity contribution in [3.05, 3.63) is 53.8 Å². The second kappa shape index (κ2) is 7.29. The molecule has 1 unspecified atom stereocenters. The van der Waals surface area contributed by atoms with Crippen molar-refractivity contribution in [2.45, 2.75) is 57.5 Å². The van der Waals surface area contributed by atoms with Gasteiger partial charge in [0.1, 0.15) is 0 Å². The van der Waals surface area contributed by atoms with Crippen LogP contribution in [0.2, 0.25) is 0 Å². The fourth-order valence-corrected chi connectivity index (χ4v) is 5.08. The molecule has 0 aliphatic heterocycles. The molecule has 0 radical (unpaired) electrons. The lowest BCUT2D eigenvalue weighted by Crippen LogP contribution is -2.27. The number of hydrogen-bond donors (Lipinski definition) is 0. The largest absolute Gasteiger partial charge is 0.377 e. The summed E-state index contributed by atoms with van der Waals surface area (Å²) in [4.78, 5) is 10.2. The lowest BCUT2D eigenvalue weighted by molar-refractivity contribution is 0.134. The van der Waals surface area contributed by atoms with Crippen molar-refractivity contribution in [3.63, 3.8) is 0 Å². The van der Waals surface area contributed by atoms with Gasteiger partial charge in [-0.15, -0.1) is 0 Å². The predicted octanol–water partition coefficient (Wildman–Crippen LogP) is 6.19. The maximum atomic E-state index is 5.46. The summed E-state index contributed by atoms with van der Waals surface area (Å²) in [5.74, 6) is 0. The van der Waals surface area contributed by atoms with Crippen LogP contribution < -0.4 is 0 Å². The van der Waals surface area contributed by atoms with Crippen molar-refractivity contribution < 1.29 is 4.74 Å². The van der Waals surface area contributed by atoms with Crippen molar-refractivity contribution in [2.24, 2.45) is 10.4 Å². The lowest BCUT2D eigenvalue weighted by atomic mass is 9.67. The number of nitrogens with zero attached hydrogens (tertiary/aromatic N) is 2. The molecule has 144 valence electrons. The fraction of sp³-hybridized carbons (Fsp3) is 0.440. The summed E-state index contributed by atoms with van der Waals surface area (Å²) in [6.07, 6.45) is 18.9. The highest BCUT2D eigenvalue weighted by atomic mass is 16.5. The molecule has 3 nitrogen and oxygen atoms in total. The number of aliphatic imine (C=N–C) groups is 1. The van der Waals surface area contributed by atoms with Crippen LogP contribution in [0.1, 0.15) is 56.2 Å². The van der Waals surface area contributed by atoms with Gasteiger partial charge in [0.25, 0.3) is 0 Å². The standard InChI is InChI=1S/C25H28N2O/c1-28-19-11-9-18(10-12-19)26-24-20-7-3-4-8-22(20)27-23-13-16-25(17-21(23)24)14-5-2-6-15-25/h3-4,7-9,11,13,16,19H,2,5-6,10,12,14-15,17H2,1H3. The van der Waals surface area contributed by atoms with Crippen LogP contribution in [0.4, 0.5) is 5.69 Å². The zero-order valence-corrected chi connectivity index (χ0v) is 16.7. The highest BCUT2D eigenvalue weighted by Crippen LogP contribution is 2.47. The Bertz CT molecular complexity index is 979. The number of para-hydroxylation sites is 1. The molecule has 3 aliphatic rings. The van der Waals surface area contributed by atoms with Gasteiger partial charge in [-0.1, -0.05) is 49.6 Å². The minimum atomic E-state index is 0.218. The van der Waals surface area contributed by atoms with Gasteiger partial charge in [-0.2, -0.15) is 0 Å². The van der Waals surface area contributed by atoms with Crippen LogP contribution in [-0.2, 0) is 11.2 Å². The van der Waals surface area contributed by atoms with E-state index in [9.17, 15) is 0 Å². The molecule has 3 heteroatoms. The van der Waals surface area contributed by atoms with E-state index in [1.165, 1.54) is 43.1 Å². The number of hydrogen-bond acceptors (Lipinski definition) is 3. The van der Waals surface area contributed by atoms with E-state index in [1.54, 1.807) is 7.11 Å². The van der Waals surface area contributed by atoms with E-state index in [2.05, 4.69) is 48.6 Å². The minimum Gasteiger partial charge on any atom is -0.377 e. The first-order valence-electron chi connectivity index (χ1n) is 10.7. The predicted molar refractivity (Wildman–Crippen MR) is 116 cm³/mol. The van der Waals surface area contributed by atoms with Gasteiger partial charge in [-0.3, -0.25) is 4.99 Å². The first-order chi connectivity index (χ1) is 13.8. The van der Waals surface area contributed by atoms with Crippen LogP contribution in [0.25, 0.3) is 17.0 Å². The molecule has 1 saturated carbocycles. The molecule has 0 saturated heterocycles. The Balaban J connectivity index is 1.64. The number of ether oxygens (including phenoxy) is 1. The molecule has 0 N–H and O–H groups in total. The Kier molecular flexibility index (Phi) is 4.64. The normalized spacial score (nSPS) is 24.8. The second-order valence-corrected chi connectivity index (χ2v) is 8.55. The van der Waals surface area contributed by atoms with Crippen molar-refractivity contribution >= 4 is 28.4 Å². The molecular weight excluding hydrogens is 344 g/mol. The Morgan fingerprint density at radius 1 is 1.11 bits per heavy atom. The first-order valence-corrected chi connectivity index (χ1v) is 10.7. The number of aromatic nitrogens is 1. The second-order valence-electron chi connectivity index (χ2n) is 8.55. The molecule has 3 aliphatic carbocycles. The fourth-order valence-electron chi connectivity index (χ4n) is 5.08. The summed E-state index contributed by atoms with van der Waals surface area (Å²) < 4.78 is 5.46. The highest BCUT2D eigenvalue weighted by molar-refractivity contribution is 6.02. The minimum absolute atomic E-state index is 0.218. The Hall–Kier alpha value is -2.26. The Labute approximate surface area is 167 Å². The van der Waals surface area contributed by atoms with E-state index < -0.39 is 0 Å². The molecule has 0 bridgehead atoms. The van der Waals surface area contributed by atoms with E-state index in [-0.39, 0.29) is 6.10 Å². The van der Waals surface area contributed by atoms with Gasteiger partial charge in [0.15, 0.2) is 0 Å². The quantitative estimate of drug-likeness (QED) is 0.630. The average molecular weight is 373 g/mol. The van der Waals surface area contributed by atoms with Crippen molar-refractivity contribution in [3.8, 4) is 0 Å². The van der Waals surface area contributed by atoms with Gasteiger partial charge in [-0.25, -0.2) is 4.98 Å². The average Bonchev–Trinajstić information content (AvgIpc) is 2.75. The van der Waals surface area contributed by atoms with Crippen LogP contribution in [0.15, 0.2) is 47.5 Å². The Morgan fingerprint density at radius 3 is 2.75 bits per heavy atom. The van der Waals surface area contributed by atoms with Crippen molar-refractivity contribution in [1.29, 1.82) is 0 Å². The molecule has 2 aromatic rings. The van der Waals surface area contributed by atoms with Crippen LogP contribution in [0.3, 0.4) is 0 Å². The summed E-state index contributed by atoms with van der Waals surface area (Å²) >= 11 is 0. The maximum absolute atomic E-state index is 5.46. The number of rotatable bonds is 2. The molecular formula is C25H28N2O. The first kappa shape index (κ1) is 17.8. The van der Waals surface area contributed by atoms with E-state index in [4.69, 9.17) is 14.7 Å². The third kappa shape index (κ3) is 3.22. The van der Waals surface area contributed by atoms with Crippen LogP contribution in [0.5, 0.6) is 0 Å². The van der Waals surface area contributed by atoms with Gasteiger partial charge in [-0.05, 0) is 55.7 Å². The number of benzene rings is 1. The van der Waals surface area contributed by atoms with Crippen LogP contribution >= 0.6 is 0 Å². The van der Waals surface area contributed by atoms with Gasteiger partial charge in [0.05, 0.1) is 23.0 Å². The third-order valence-corrected chi connectivity index (χ3v) is 6.71. The summed E-state index contributed by atoms with van der Waals surface area (Å²) in [5, 5.41) is 1.18. The molecule has 1 spiro atoms. The third-order valence-electron chi connectivity index (χ3n) is 6.71. The van der Waals surface area contributed by atoms with E-state index in [1.807, 2.05) is 0 Å². The van der Waals surface area contributed by atoms with Gasteiger partial charge in [0.2, 0.25) is 0 Å². The van der Waals surface area contributed by atoms with Gasteiger partial charge < -0.3 is 4.74 Å². The number of fused-ring (bicyclic) bond motifs is 2. The molecule has 1 fully saturated rings. The Morgan fingerprint density at radius 2 is 1.96 bits per heavy atom. The van der Waals surface area contributed by atoms with Crippen molar-refractivity contribution in [2.75, 3.05) is 7.11 Å². The SMILES string of the molecule is COC1C=CC(=Nc2c3c(nc4ccccc24)C=CC2(CCCCC2)C3)CC1. The number of allylic oxidation sites excluding steroid dienone is 2. The maximum Gasteiger partial charge on any atom is 0.0780 e. The van der Waals surface area contributed by atoms with E-state index >= 15 is 0 Å². The zero-order valence-electron chi connectivity index (χ0n) is 16.7. The summed E-state index contributed by atoms with van der Waals surface area (Å²) in [7, 11) is 1.78. The molecule has 1 atom stereocenters. The van der Waals surface area contributed by atoms with Gasteiger partial charge in [0, 0.05) is 23.8 Å².